The van der Waals surface area contributed by atoms with Gasteiger partial charge in [0.1, 0.15) is 0 Å². The van der Waals surface area contributed by atoms with Crippen molar-refractivity contribution in [3.63, 3.8) is 0 Å². The first-order valence-electron chi connectivity index (χ1n) is 6.49. The highest BCUT2D eigenvalue weighted by Gasteiger charge is 2.60. The smallest absolute Gasteiger partial charge is 0.252 e. The summed E-state index contributed by atoms with van der Waals surface area (Å²) in [6, 6.07) is 7.49. The molecule has 1 heterocycles. The lowest BCUT2D eigenvalue weighted by atomic mass is 9.86. The number of carbonyl (C=O) groups is 1. The molecule has 1 saturated carbocycles. The number of nitrogens with two attached hydrogens (primary N) is 1. The Morgan fingerprint density at radius 3 is 2.74 bits per heavy atom. The average molecular weight is 266 g/mol. The average Bonchev–Trinajstić information content (AvgIpc) is 2.98. The normalized spacial score (nSPS) is 27.8. The minimum atomic E-state index is -2.51. The minimum Gasteiger partial charge on any atom is -0.368 e. The van der Waals surface area contributed by atoms with Gasteiger partial charge in [-0.15, -0.1) is 0 Å². The number of nitrogens with zero attached hydrogens (tertiary/aromatic N) is 1. The lowest BCUT2D eigenvalue weighted by Gasteiger charge is -2.35. The molecular formula is C14H16F2N2O. The van der Waals surface area contributed by atoms with E-state index in [9.17, 15) is 13.6 Å². The molecule has 3 rings (SSSR count). The summed E-state index contributed by atoms with van der Waals surface area (Å²) >= 11 is 0. The largest absolute Gasteiger partial charge is 0.368 e. The van der Waals surface area contributed by atoms with Crippen LogP contribution in [-0.2, 0) is 4.79 Å². The molecule has 1 fully saturated rings. The zero-order valence-electron chi connectivity index (χ0n) is 10.5. The fourth-order valence-electron chi connectivity index (χ4n) is 3.10. The second-order valence-electron chi connectivity index (χ2n) is 5.41. The molecule has 1 aromatic carbocycles. The summed E-state index contributed by atoms with van der Waals surface area (Å²) in [7, 11) is 0. The number of alkyl halides is 2. The summed E-state index contributed by atoms with van der Waals surface area (Å²) in [5.74, 6) is -3.55. The molecule has 1 aliphatic carbocycles. The molecule has 0 saturated heterocycles. The topological polar surface area (TPSA) is 46.3 Å². The molecular weight excluding hydrogens is 250 g/mol. The third-order valence-corrected chi connectivity index (χ3v) is 4.09. The highest BCUT2D eigenvalue weighted by Crippen LogP contribution is 2.58. The molecule has 0 aromatic heterocycles. The van der Waals surface area contributed by atoms with Crippen molar-refractivity contribution in [1.29, 1.82) is 0 Å². The maximum Gasteiger partial charge on any atom is 0.252 e. The summed E-state index contributed by atoms with van der Waals surface area (Å²) < 4.78 is 26.6. The van der Waals surface area contributed by atoms with Crippen LogP contribution in [0.4, 0.5) is 14.5 Å². The number of para-hydroxylation sites is 1. The first kappa shape index (κ1) is 12.4. The van der Waals surface area contributed by atoms with Gasteiger partial charge in [0.05, 0.1) is 6.54 Å². The van der Waals surface area contributed by atoms with Gasteiger partial charge in [0.25, 0.3) is 5.92 Å². The molecule has 2 atom stereocenters. The van der Waals surface area contributed by atoms with Crippen LogP contribution in [0.1, 0.15) is 24.3 Å². The van der Waals surface area contributed by atoms with E-state index in [2.05, 4.69) is 0 Å². The van der Waals surface area contributed by atoms with E-state index in [1.165, 1.54) is 0 Å². The Morgan fingerprint density at radius 2 is 2.11 bits per heavy atom. The second-order valence-corrected chi connectivity index (χ2v) is 5.41. The zero-order valence-corrected chi connectivity index (χ0v) is 10.5. The Balaban J connectivity index is 1.90. The molecule has 1 aromatic rings. The van der Waals surface area contributed by atoms with Crippen molar-refractivity contribution in [2.45, 2.75) is 24.7 Å². The van der Waals surface area contributed by atoms with Crippen LogP contribution >= 0.6 is 0 Å². The van der Waals surface area contributed by atoms with Gasteiger partial charge in [0.15, 0.2) is 0 Å². The van der Waals surface area contributed by atoms with E-state index in [0.717, 1.165) is 11.3 Å². The SMILES string of the molecule is NC(=O)CN1CCC(C2CC2(F)F)c2ccccc21. The number of amides is 1. The van der Waals surface area contributed by atoms with Gasteiger partial charge in [-0.2, -0.15) is 0 Å². The summed E-state index contributed by atoms with van der Waals surface area (Å²) in [4.78, 5) is 13.0. The molecule has 0 radical (unpaired) electrons. The van der Waals surface area contributed by atoms with Gasteiger partial charge in [0.2, 0.25) is 5.91 Å². The fraction of sp³-hybridized carbons (Fsp3) is 0.500. The van der Waals surface area contributed by atoms with Crippen molar-refractivity contribution in [2.75, 3.05) is 18.0 Å². The van der Waals surface area contributed by atoms with Gasteiger partial charge in [-0.1, -0.05) is 18.2 Å². The van der Waals surface area contributed by atoms with Crippen LogP contribution in [0.2, 0.25) is 0 Å². The standard InChI is InChI=1S/C14H16F2N2O/c15-14(16)7-11(14)9-5-6-18(8-13(17)19)12-4-2-1-3-10(9)12/h1-4,9,11H,5-8H2,(H2,17,19). The van der Waals surface area contributed by atoms with Gasteiger partial charge in [0, 0.05) is 24.6 Å². The van der Waals surface area contributed by atoms with Crippen molar-refractivity contribution >= 4 is 11.6 Å². The van der Waals surface area contributed by atoms with E-state index in [-0.39, 0.29) is 18.9 Å². The van der Waals surface area contributed by atoms with Gasteiger partial charge < -0.3 is 10.6 Å². The van der Waals surface area contributed by atoms with Crippen LogP contribution in [0.15, 0.2) is 24.3 Å². The molecule has 2 aliphatic rings. The molecule has 5 heteroatoms. The third kappa shape index (κ3) is 2.17. The summed E-state index contributed by atoms with van der Waals surface area (Å²) in [6.45, 7) is 0.752. The van der Waals surface area contributed by atoms with Crippen LogP contribution in [0.25, 0.3) is 0 Å². The Hall–Kier alpha value is -1.65. The van der Waals surface area contributed by atoms with E-state index in [0.29, 0.717) is 13.0 Å². The van der Waals surface area contributed by atoms with E-state index >= 15 is 0 Å². The number of halogens is 2. The fourth-order valence-corrected chi connectivity index (χ4v) is 3.10. The zero-order chi connectivity index (χ0) is 13.6. The number of rotatable bonds is 3. The number of carbonyl (C=O) groups excluding carboxylic acids is 1. The van der Waals surface area contributed by atoms with E-state index in [4.69, 9.17) is 5.73 Å². The number of anilines is 1. The Bertz CT molecular complexity index is 518. The number of hydrogen-bond donors (Lipinski definition) is 1. The van der Waals surface area contributed by atoms with E-state index in [1.807, 2.05) is 29.2 Å². The van der Waals surface area contributed by atoms with Crippen LogP contribution in [0.5, 0.6) is 0 Å². The van der Waals surface area contributed by atoms with Crippen LogP contribution in [0.3, 0.4) is 0 Å². The first-order chi connectivity index (χ1) is 8.99. The molecule has 1 aliphatic heterocycles. The van der Waals surface area contributed by atoms with Gasteiger partial charge in [-0.25, -0.2) is 8.78 Å². The van der Waals surface area contributed by atoms with Crippen molar-refractivity contribution in [1.82, 2.24) is 0 Å². The third-order valence-electron chi connectivity index (χ3n) is 4.09. The first-order valence-corrected chi connectivity index (χ1v) is 6.49. The number of primary amides is 1. The number of benzene rings is 1. The van der Waals surface area contributed by atoms with E-state index < -0.39 is 17.7 Å². The van der Waals surface area contributed by atoms with Crippen molar-refractivity contribution in [3.05, 3.63) is 29.8 Å². The van der Waals surface area contributed by atoms with E-state index in [1.54, 1.807) is 0 Å². The highest BCUT2D eigenvalue weighted by atomic mass is 19.3. The molecule has 1 amide bonds. The summed E-state index contributed by atoms with van der Waals surface area (Å²) in [5, 5.41) is 0. The monoisotopic (exact) mass is 266 g/mol. The van der Waals surface area contributed by atoms with Crippen molar-refractivity contribution < 1.29 is 13.6 Å². The minimum absolute atomic E-state index is 0.0121. The van der Waals surface area contributed by atoms with Gasteiger partial charge >= 0.3 is 0 Å². The lowest BCUT2D eigenvalue weighted by Crippen LogP contribution is -2.38. The predicted octanol–water partition coefficient (Wildman–Crippen LogP) is 2.12. The maximum atomic E-state index is 13.3. The summed E-state index contributed by atoms with van der Waals surface area (Å²) in [6.07, 6.45) is 0.645. The van der Waals surface area contributed by atoms with Crippen LogP contribution in [-0.4, -0.2) is 24.9 Å². The molecule has 2 unspecified atom stereocenters. The lowest BCUT2D eigenvalue weighted by molar-refractivity contribution is -0.116. The van der Waals surface area contributed by atoms with Crippen molar-refractivity contribution in [2.24, 2.45) is 11.7 Å². The molecule has 0 bridgehead atoms. The molecule has 2 N–H and O–H groups in total. The van der Waals surface area contributed by atoms with Crippen molar-refractivity contribution in [3.8, 4) is 0 Å². The van der Waals surface area contributed by atoms with Gasteiger partial charge in [-0.05, 0) is 24.0 Å². The predicted molar refractivity (Wildman–Crippen MR) is 68.3 cm³/mol. The molecule has 0 spiro atoms. The van der Waals surface area contributed by atoms with Crippen LogP contribution in [0, 0.1) is 5.92 Å². The summed E-state index contributed by atoms with van der Waals surface area (Å²) in [5.41, 5.74) is 7.03. The number of fused-ring (bicyclic) bond motifs is 1. The Labute approximate surface area is 110 Å². The maximum absolute atomic E-state index is 13.3. The van der Waals surface area contributed by atoms with Crippen LogP contribution < -0.4 is 10.6 Å². The quantitative estimate of drug-likeness (QED) is 0.911. The molecule has 102 valence electrons. The Morgan fingerprint density at radius 1 is 1.42 bits per heavy atom. The highest BCUT2D eigenvalue weighted by molar-refractivity contribution is 5.80. The van der Waals surface area contributed by atoms with Gasteiger partial charge in [-0.3, -0.25) is 4.79 Å². The Kier molecular flexibility index (Phi) is 2.73. The second kappa shape index (κ2) is 4.18. The molecule has 19 heavy (non-hydrogen) atoms. The number of hydrogen-bond acceptors (Lipinski definition) is 2. The molecule has 3 nitrogen and oxygen atoms in total.